The molecule has 0 radical (unpaired) electrons. The average molecular weight is 461 g/mol. The molecule has 0 aliphatic carbocycles. The summed E-state index contributed by atoms with van der Waals surface area (Å²) in [5.74, 6) is -0.605. The Hall–Kier alpha value is -0.260. The van der Waals surface area contributed by atoms with Crippen LogP contribution in [0.15, 0.2) is 0 Å². The lowest BCUT2D eigenvalue weighted by atomic mass is 9.88. The van der Waals surface area contributed by atoms with Crippen molar-refractivity contribution in [3.63, 3.8) is 0 Å². The minimum Gasteiger partial charge on any atom is -0.393 e. The smallest absolute Gasteiger partial charge is 0.265 e. The summed E-state index contributed by atoms with van der Waals surface area (Å²) in [5.41, 5.74) is -1.10. The van der Waals surface area contributed by atoms with Crippen LogP contribution in [-0.2, 0) is 20.2 Å². The maximum Gasteiger partial charge on any atom is 0.265 e. The number of aliphatic hydroxyl groups is 2. The molecule has 29 heavy (non-hydrogen) atoms. The maximum atomic E-state index is 11.0. The van der Waals surface area contributed by atoms with Crippen molar-refractivity contribution in [2.75, 3.05) is 11.5 Å². The zero-order valence-corrected chi connectivity index (χ0v) is 19.8. The molecular formula is C19H40O8S2. The number of hydrogen-bond donors (Lipinski definition) is 4. The van der Waals surface area contributed by atoms with Gasteiger partial charge in [-0.1, -0.05) is 40.5 Å². The largest absolute Gasteiger partial charge is 0.393 e. The minimum atomic E-state index is -4.01. The number of hydrogen-bond acceptors (Lipinski definition) is 6. The molecule has 0 saturated carbocycles. The highest BCUT2D eigenvalue weighted by Gasteiger charge is 2.25. The van der Waals surface area contributed by atoms with Gasteiger partial charge in [0.2, 0.25) is 0 Å². The summed E-state index contributed by atoms with van der Waals surface area (Å²) in [6, 6.07) is 0. The molecule has 0 aliphatic rings. The Bertz CT molecular complexity index is 610. The van der Waals surface area contributed by atoms with Crippen LogP contribution in [0.5, 0.6) is 0 Å². The summed E-state index contributed by atoms with van der Waals surface area (Å²) in [6.07, 6.45) is 4.24. The van der Waals surface area contributed by atoms with Crippen LogP contribution in [0.4, 0.5) is 0 Å². The molecule has 8 nitrogen and oxygen atoms in total. The number of rotatable bonds is 16. The van der Waals surface area contributed by atoms with Gasteiger partial charge in [-0.2, -0.15) is 16.8 Å². The SMILES string of the molecule is CC(C)(CCCC(O)CCCC(O)CCCC(C)(C)CS(=O)(=O)O)CS(=O)(=O)O. The van der Waals surface area contributed by atoms with Gasteiger partial charge in [-0.25, -0.2) is 0 Å². The molecule has 0 aliphatic heterocycles. The van der Waals surface area contributed by atoms with Crippen LogP contribution >= 0.6 is 0 Å². The van der Waals surface area contributed by atoms with Crippen LogP contribution in [0.3, 0.4) is 0 Å². The molecule has 0 fully saturated rings. The van der Waals surface area contributed by atoms with E-state index >= 15 is 0 Å². The summed E-state index contributed by atoms with van der Waals surface area (Å²) in [5, 5.41) is 20.1. The predicted molar refractivity (Wildman–Crippen MR) is 114 cm³/mol. The summed E-state index contributed by atoms with van der Waals surface area (Å²) in [6.45, 7) is 7.06. The Morgan fingerprint density at radius 3 is 1.17 bits per heavy atom. The fraction of sp³-hybridized carbons (Fsp3) is 1.00. The van der Waals surface area contributed by atoms with E-state index in [2.05, 4.69) is 0 Å². The standard InChI is InChI=1S/C19H40O8S2/c1-18(2,14-28(22,23)24)12-6-10-16(20)8-5-9-17(21)11-7-13-19(3,4)15-29(25,26)27/h16-17,20-21H,5-15H2,1-4H3,(H,22,23,24)(H,25,26,27). The second-order valence-corrected chi connectivity index (χ2v) is 12.7. The first-order chi connectivity index (χ1) is 12.9. The van der Waals surface area contributed by atoms with Gasteiger partial charge in [-0.05, 0) is 55.8 Å². The van der Waals surface area contributed by atoms with Gasteiger partial charge in [-0.15, -0.1) is 0 Å². The van der Waals surface area contributed by atoms with E-state index in [0.29, 0.717) is 57.8 Å². The van der Waals surface area contributed by atoms with Gasteiger partial charge in [-0.3, -0.25) is 9.11 Å². The van der Waals surface area contributed by atoms with Crippen molar-refractivity contribution >= 4 is 20.2 Å². The Balaban J connectivity index is 3.97. The first-order valence-corrected chi connectivity index (χ1v) is 13.4. The Labute approximate surface area is 176 Å². The van der Waals surface area contributed by atoms with Crippen LogP contribution in [0, 0.1) is 10.8 Å². The summed E-state index contributed by atoms with van der Waals surface area (Å²) in [4.78, 5) is 0. The summed E-state index contributed by atoms with van der Waals surface area (Å²) in [7, 11) is -8.03. The number of aliphatic hydroxyl groups excluding tert-OH is 2. The molecule has 0 bridgehead atoms. The van der Waals surface area contributed by atoms with E-state index in [0.717, 1.165) is 0 Å². The minimum absolute atomic E-state index is 0.302. The van der Waals surface area contributed by atoms with Crippen LogP contribution in [0.1, 0.15) is 85.5 Å². The van der Waals surface area contributed by atoms with Crippen molar-refractivity contribution in [3.05, 3.63) is 0 Å². The van der Waals surface area contributed by atoms with Crippen LogP contribution in [0.2, 0.25) is 0 Å². The molecule has 2 unspecified atom stereocenters. The molecule has 0 saturated heterocycles. The van der Waals surface area contributed by atoms with Crippen molar-refractivity contribution in [3.8, 4) is 0 Å². The second kappa shape index (κ2) is 12.0. The van der Waals surface area contributed by atoms with E-state index in [-0.39, 0.29) is 11.5 Å². The first kappa shape index (κ1) is 28.7. The summed E-state index contributed by atoms with van der Waals surface area (Å²) >= 11 is 0. The zero-order chi connectivity index (χ0) is 22.9. The highest BCUT2D eigenvalue weighted by molar-refractivity contribution is 7.86. The van der Waals surface area contributed by atoms with Crippen LogP contribution in [0.25, 0.3) is 0 Å². The highest BCUT2D eigenvalue weighted by atomic mass is 32.2. The molecule has 0 aromatic carbocycles. The maximum absolute atomic E-state index is 11.0. The molecule has 0 aromatic rings. The Morgan fingerprint density at radius 1 is 0.621 bits per heavy atom. The third-order valence-electron chi connectivity index (χ3n) is 5.00. The van der Waals surface area contributed by atoms with Gasteiger partial charge >= 0.3 is 0 Å². The molecule has 2 atom stereocenters. The lowest BCUT2D eigenvalue weighted by Crippen LogP contribution is -2.24. The molecular weight excluding hydrogens is 420 g/mol. The normalized spacial score (nSPS) is 16.0. The van der Waals surface area contributed by atoms with E-state index in [1.165, 1.54) is 0 Å². The van der Waals surface area contributed by atoms with Gasteiger partial charge in [0.1, 0.15) is 0 Å². The van der Waals surface area contributed by atoms with Gasteiger partial charge in [0, 0.05) is 0 Å². The lowest BCUT2D eigenvalue weighted by molar-refractivity contribution is 0.118. The van der Waals surface area contributed by atoms with Crippen molar-refractivity contribution in [2.45, 2.75) is 97.7 Å². The van der Waals surface area contributed by atoms with E-state index in [1.807, 2.05) is 0 Å². The summed E-state index contributed by atoms with van der Waals surface area (Å²) < 4.78 is 61.8. The van der Waals surface area contributed by atoms with Crippen molar-refractivity contribution < 1.29 is 36.2 Å². The zero-order valence-electron chi connectivity index (χ0n) is 18.2. The molecule has 0 amide bonds. The van der Waals surface area contributed by atoms with Crippen molar-refractivity contribution in [2.24, 2.45) is 10.8 Å². The van der Waals surface area contributed by atoms with Gasteiger partial charge in [0.05, 0.1) is 23.7 Å². The quantitative estimate of drug-likeness (QED) is 0.257. The Morgan fingerprint density at radius 2 is 0.897 bits per heavy atom. The van der Waals surface area contributed by atoms with E-state index in [9.17, 15) is 27.0 Å². The molecule has 0 spiro atoms. The molecule has 176 valence electrons. The molecule has 10 heteroatoms. The first-order valence-electron chi connectivity index (χ1n) is 10.2. The van der Waals surface area contributed by atoms with E-state index < -0.39 is 43.3 Å². The van der Waals surface area contributed by atoms with E-state index in [4.69, 9.17) is 9.11 Å². The molecule has 0 rings (SSSR count). The lowest BCUT2D eigenvalue weighted by Gasteiger charge is -2.23. The molecule has 4 N–H and O–H groups in total. The molecule has 0 aromatic heterocycles. The molecule has 0 heterocycles. The Kier molecular flexibility index (Phi) is 11.8. The van der Waals surface area contributed by atoms with Crippen LogP contribution < -0.4 is 0 Å². The van der Waals surface area contributed by atoms with Gasteiger partial charge in [0.25, 0.3) is 20.2 Å². The topological polar surface area (TPSA) is 149 Å². The van der Waals surface area contributed by atoms with Crippen molar-refractivity contribution in [1.29, 1.82) is 0 Å². The van der Waals surface area contributed by atoms with Crippen LogP contribution in [-0.4, -0.2) is 59.9 Å². The van der Waals surface area contributed by atoms with Crippen molar-refractivity contribution in [1.82, 2.24) is 0 Å². The highest BCUT2D eigenvalue weighted by Crippen LogP contribution is 2.27. The van der Waals surface area contributed by atoms with Gasteiger partial charge < -0.3 is 10.2 Å². The third-order valence-corrected chi connectivity index (χ3v) is 7.30. The third kappa shape index (κ3) is 18.2. The fourth-order valence-corrected chi connectivity index (χ4v) is 5.91. The predicted octanol–water partition coefficient (Wildman–Crippen LogP) is 3.05. The van der Waals surface area contributed by atoms with E-state index in [1.54, 1.807) is 27.7 Å². The monoisotopic (exact) mass is 460 g/mol. The second-order valence-electron chi connectivity index (χ2n) is 9.80. The van der Waals surface area contributed by atoms with Gasteiger partial charge in [0.15, 0.2) is 0 Å². The average Bonchev–Trinajstić information content (AvgIpc) is 2.41. The fourth-order valence-electron chi connectivity index (χ4n) is 3.64.